The van der Waals surface area contributed by atoms with Crippen LogP contribution in [0, 0.1) is 12.8 Å². The zero-order valence-electron chi connectivity index (χ0n) is 15.0. The molecule has 0 aromatic heterocycles. The molecule has 2 rings (SSSR count). The number of benzene rings is 1. The summed E-state index contributed by atoms with van der Waals surface area (Å²) < 4.78 is 34.7. The summed E-state index contributed by atoms with van der Waals surface area (Å²) in [6.07, 6.45) is 3.77. The first kappa shape index (κ1) is 19.5. The van der Waals surface area contributed by atoms with E-state index in [1.165, 1.54) is 12.1 Å². The zero-order chi connectivity index (χ0) is 18.7. The zero-order valence-corrected chi connectivity index (χ0v) is 15.8. The van der Waals surface area contributed by atoms with Gasteiger partial charge in [0.05, 0.1) is 17.5 Å². The van der Waals surface area contributed by atoms with Gasteiger partial charge in [0.15, 0.2) is 0 Å². The molecule has 1 aliphatic rings. The Bertz CT molecular complexity index is 732. The van der Waals surface area contributed by atoms with E-state index in [2.05, 4.69) is 5.32 Å². The minimum absolute atomic E-state index is 0.0409. The fourth-order valence-corrected chi connectivity index (χ4v) is 3.37. The van der Waals surface area contributed by atoms with Crippen molar-refractivity contribution in [1.29, 1.82) is 0 Å². The van der Waals surface area contributed by atoms with E-state index in [1.54, 1.807) is 32.9 Å². The van der Waals surface area contributed by atoms with Gasteiger partial charge in [-0.15, -0.1) is 0 Å². The maximum atomic E-state index is 12.2. The van der Waals surface area contributed by atoms with E-state index >= 15 is 0 Å². The molecular weight excluding hydrogens is 342 g/mol. The van der Waals surface area contributed by atoms with Gasteiger partial charge in [0.1, 0.15) is 5.60 Å². The van der Waals surface area contributed by atoms with Gasteiger partial charge in [-0.2, -0.15) is 8.42 Å². The number of hydrogen-bond donors (Lipinski definition) is 1. The maximum Gasteiger partial charge on any atom is 0.408 e. The lowest BCUT2D eigenvalue weighted by Crippen LogP contribution is -2.37. The molecular formula is C18H25NO5S. The number of rotatable bonds is 5. The fraction of sp³-hybridized carbons (Fsp3) is 0.500. The Balaban J connectivity index is 1.82. The highest BCUT2D eigenvalue weighted by molar-refractivity contribution is 7.86. The number of hydrogen-bond acceptors (Lipinski definition) is 5. The molecule has 1 N–H and O–H groups in total. The summed E-state index contributed by atoms with van der Waals surface area (Å²) in [6, 6.07) is 6.33. The molecule has 1 aromatic carbocycles. The van der Waals surface area contributed by atoms with Gasteiger partial charge in [-0.05, 0) is 46.2 Å². The first-order chi connectivity index (χ1) is 11.5. The fourth-order valence-electron chi connectivity index (χ4n) is 2.41. The number of carbonyl (C=O) groups is 1. The summed E-state index contributed by atoms with van der Waals surface area (Å²) in [5.41, 5.74) is 0.422. The minimum Gasteiger partial charge on any atom is -0.444 e. The third kappa shape index (κ3) is 6.17. The van der Waals surface area contributed by atoms with E-state index in [4.69, 9.17) is 8.92 Å². The van der Waals surface area contributed by atoms with E-state index < -0.39 is 21.8 Å². The van der Waals surface area contributed by atoms with Crippen LogP contribution in [-0.4, -0.2) is 32.8 Å². The van der Waals surface area contributed by atoms with Gasteiger partial charge in [-0.3, -0.25) is 4.18 Å². The van der Waals surface area contributed by atoms with Gasteiger partial charge >= 0.3 is 6.09 Å². The predicted octanol–water partition coefficient (Wildman–Crippen LogP) is 3.17. The Hall–Kier alpha value is -1.86. The Morgan fingerprint density at radius 1 is 1.20 bits per heavy atom. The molecule has 138 valence electrons. The van der Waals surface area contributed by atoms with Crippen LogP contribution < -0.4 is 5.32 Å². The molecule has 1 aliphatic carbocycles. The lowest BCUT2D eigenvalue weighted by Gasteiger charge is -2.21. The van der Waals surface area contributed by atoms with Gasteiger partial charge in [-0.1, -0.05) is 29.8 Å². The topological polar surface area (TPSA) is 81.7 Å². The average Bonchev–Trinajstić information content (AvgIpc) is 2.91. The lowest BCUT2D eigenvalue weighted by molar-refractivity contribution is 0.0511. The molecule has 0 heterocycles. The largest absolute Gasteiger partial charge is 0.444 e. The summed E-state index contributed by atoms with van der Waals surface area (Å²) in [5.74, 6) is -0.0832. The van der Waals surface area contributed by atoms with Crippen LogP contribution in [0.15, 0.2) is 41.3 Å². The Morgan fingerprint density at radius 3 is 2.44 bits per heavy atom. The average molecular weight is 367 g/mol. The number of amides is 1. The number of alkyl carbamates (subject to hydrolysis) is 1. The highest BCUT2D eigenvalue weighted by Gasteiger charge is 2.25. The van der Waals surface area contributed by atoms with Crippen molar-refractivity contribution < 1.29 is 22.1 Å². The Morgan fingerprint density at radius 2 is 1.84 bits per heavy atom. The van der Waals surface area contributed by atoms with Crippen molar-refractivity contribution >= 4 is 16.2 Å². The van der Waals surface area contributed by atoms with Crippen LogP contribution >= 0.6 is 0 Å². The number of ether oxygens (including phenoxy) is 1. The summed E-state index contributed by atoms with van der Waals surface area (Å²) in [7, 11) is -3.77. The number of aryl methyl sites for hydroxylation is 1. The van der Waals surface area contributed by atoms with Crippen LogP contribution in [0.25, 0.3) is 0 Å². The van der Waals surface area contributed by atoms with Crippen molar-refractivity contribution in [2.24, 2.45) is 5.92 Å². The van der Waals surface area contributed by atoms with E-state index in [-0.39, 0.29) is 23.5 Å². The van der Waals surface area contributed by atoms with Crippen LogP contribution in [-0.2, 0) is 19.0 Å². The molecule has 2 atom stereocenters. The molecule has 0 saturated carbocycles. The molecule has 0 aliphatic heterocycles. The maximum absolute atomic E-state index is 12.2. The van der Waals surface area contributed by atoms with Crippen molar-refractivity contribution in [3.63, 3.8) is 0 Å². The van der Waals surface area contributed by atoms with Crippen molar-refractivity contribution in [2.45, 2.75) is 50.7 Å². The normalized spacial score (nSPS) is 20.5. The first-order valence-electron chi connectivity index (χ1n) is 8.19. The van der Waals surface area contributed by atoms with Crippen molar-refractivity contribution in [2.75, 3.05) is 6.61 Å². The van der Waals surface area contributed by atoms with E-state index in [0.717, 1.165) is 5.56 Å². The smallest absolute Gasteiger partial charge is 0.408 e. The van der Waals surface area contributed by atoms with Gasteiger partial charge in [0, 0.05) is 5.92 Å². The highest BCUT2D eigenvalue weighted by atomic mass is 32.2. The van der Waals surface area contributed by atoms with Crippen LogP contribution in [0.4, 0.5) is 4.79 Å². The Labute approximate surface area is 149 Å². The van der Waals surface area contributed by atoms with Crippen molar-refractivity contribution in [3.05, 3.63) is 42.0 Å². The quantitative estimate of drug-likeness (QED) is 0.638. The summed E-state index contributed by atoms with van der Waals surface area (Å²) in [4.78, 5) is 11.9. The van der Waals surface area contributed by atoms with Gasteiger partial charge in [-0.25, -0.2) is 4.79 Å². The lowest BCUT2D eigenvalue weighted by atomic mass is 10.1. The predicted molar refractivity (Wildman–Crippen MR) is 94.7 cm³/mol. The molecule has 1 unspecified atom stereocenters. The van der Waals surface area contributed by atoms with E-state index in [0.29, 0.717) is 6.42 Å². The second-order valence-electron chi connectivity index (χ2n) is 7.19. The molecule has 0 spiro atoms. The van der Waals surface area contributed by atoms with Crippen molar-refractivity contribution in [1.82, 2.24) is 5.32 Å². The molecule has 0 saturated heterocycles. The third-order valence-electron chi connectivity index (χ3n) is 3.62. The van der Waals surface area contributed by atoms with Crippen molar-refractivity contribution in [3.8, 4) is 0 Å². The standard InChI is InChI=1S/C18H25NO5S/c1-13-5-9-16(10-6-13)25(21,22)23-12-14-7-8-15(11-14)19-17(20)24-18(2,3)4/h5-10,14-15H,11-12H2,1-4H3,(H,19,20)/t14?,15-/m1/s1. The molecule has 25 heavy (non-hydrogen) atoms. The SMILES string of the molecule is Cc1ccc(S(=O)(=O)OCC2C=C[C@@H](NC(=O)OC(C)(C)C)C2)cc1. The van der Waals surface area contributed by atoms with E-state index in [1.807, 2.05) is 19.1 Å². The Kier molecular flexibility index (Phi) is 5.90. The number of nitrogens with one attached hydrogen (secondary N) is 1. The van der Waals surface area contributed by atoms with Gasteiger partial charge in [0.25, 0.3) is 10.1 Å². The van der Waals surface area contributed by atoms with Crippen LogP contribution in [0.2, 0.25) is 0 Å². The summed E-state index contributed by atoms with van der Waals surface area (Å²) in [6.45, 7) is 7.31. The third-order valence-corrected chi connectivity index (χ3v) is 4.92. The number of carbonyl (C=O) groups excluding carboxylic acids is 1. The second-order valence-corrected chi connectivity index (χ2v) is 8.80. The van der Waals surface area contributed by atoms with E-state index in [9.17, 15) is 13.2 Å². The monoisotopic (exact) mass is 367 g/mol. The molecule has 0 radical (unpaired) electrons. The van der Waals surface area contributed by atoms with Crippen LogP contribution in [0.5, 0.6) is 0 Å². The first-order valence-corrected chi connectivity index (χ1v) is 9.60. The summed E-state index contributed by atoms with van der Waals surface area (Å²) in [5, 5.41) is 2.75. The highest BCUT2D eigenvalue weighted by Crippen LogP contribution is 2.21. The molecule has 0 bridgehead atoms. The molecule has 7 heteroatoms. The molecule has 1 aromatic rings. The van der Waals surface area contributed by atoms with Crippen LogP contribution in [0.3, 0.4) is 0 Å². The van der Waals surface area contributed by atoms with Gasteiger partial charge < -0.3 is 10.1 Å². The van der Waals surface area contributed by atoms with Gasteiger partial charge in [0.2, 0.25) is 0 Å². The second kappa shape index (κ2) is 7.58. The summed E-state index contributed by atoms with van der Waals surface area (Å²) >= 11 is 0. The minimum atomic E-state index is -3.77. The molecule has 6 nitrogen and oxygen atoms in total. The molecule has 0 fully saturated rings. The van der Waals surface area contributed by atoms with Crippen LogP contribution in [0.1, 0.15) is 32.8 Å². The molecule has 1 amide bonds.